The van der Waals surface area contributed by atoms with Crippen LogP contribution in [0.5, 0.6) is 0 Å². The first-order chi connectivity index (χ1) is 9.74. The molecule has 0 radical (unpaired) electrons. The van der Waals surface area contributed by atoms with Crippen LogP contribution in [0.15, 0.2) is 36.5 Å². The predicted molar refractivity (Wildman–Crippen MR) is 84.7 cm³/mol. The van der Waals surface area contributed by atoms with Gasteiger partial charge in [0.15, 0.2) is 0 Å². The van der Waals surface area contributed by atoms with E-state index in [-0.39, 0.29) is 0 Å². The van der Waals surface area contributed by atoms with Gasteiger partial charge in [-0.2, -0.15) is 4.98 Å². The van der Waals surface area contributed by atoms with Crippen molar-refractivity contribution in [3.63, 3.8) is 0 Å². The van der Waals surface area contributed by atoms with E-state index in [9.17, 15) is 0 Å². The molecule has 0 aliphatic carbocycles. The molecule has 1 aromatic heterocycles. The van der Waals surface area contributed by atoms with Gasteiger partial charge in [0, 0.05) is 25.0 Å². The lowest BCUT2D eigenvalue weighted by Gasteiger charge is -2.22. The molecule has 0 aliphatic heterocycles. The summed E-state index contributed by atoms with van der Waals surface area (Å²) in [6.07, 6.45) is 2.86. The van der Waals surface area contributed by atoms with Crippen LogP contribution in [-0.4, -0.2) is 23.1 Å². The fourth-order valence-corrected chi connectivity index (χ4v) is 2.02. The van der Waals surface area contributed by atoms with Crippen molar-refractivity contribution in [2.24, 2.45) is 0 Å². The molecule has 0 unspecified atom stereocenters. The summed E-state index contributed by atoms with van der Waals surface area (Å²) in [5.74, 6) is 1.61. The summed E-state index contributed by atoms with van der Waals surface area (Å²) >= 11 is 0. The Hall–Kier alpha value is -2.10. The van der Waals surface area contributed by atoms with E-state index < -0.39 is 0 Å². The van der Waals surface area contributed by atoms with E-state index in [4.69, 9.17) is 0 Å². The van der Waals surface area contributed by atoms with Gasteiger partial charge in [0.2, 0.25) is 5.95 Å². The smallest absolute Gasteiger partial charge is 0.224 e. The number of aromatic nitrogens is 2. The molecule has 0 saturated carbocycles. The molecule has 20 heavy (non-hydrogen) atoms. The van der Waals surface area contributed by atoms with Crippen molar-refractivity contribution >= 4 is 17.5 Å². The first kappa shape index (κ1) is 14.3. The van der Waals surface area contributed by atoms with E-state index in [0.29, 0.717) is 5.95 Å². The van der Waals surface area contributed by atoms with E-state index in [1.807, 2.05) is 6.07 Å². The van der Waals surface area contributed by atoms with Gasteiger partial charge >= 0.3 is 0 Å². The van der Waals surface area contributed by atoms with E-state index in [0.717, 1.165) is 31.0 Å². The van der Waals surface area contributed by atoms with Gasteiger partial charge in [0.05, 0.1) is 0 Å². The van der Waals surface area contributed by atoms with Crippen LogP contribution in [0.4, 0.5) is 17.5 Å². The normalized spacial score (nSPS) is 10.3. The molecule has 0 amide bonds. The maximum absolute atomic E-state index is 4.58. The molecule has 106 valence electrons. The molecular weight excluding hydrogens is 248 g/mol. The van der Waals surface area contributed by atoms with Gasteiger partial charge in [-0.05, 0) is 38.5 Å². The zero-order chi connectivity index (χ0) is 14.4. The second-order valence-electron chi connectivity index (χ2n) is 4.75. The Morgan fingerprint density at radius 2 is 1.85 bits per heavy atom. The van der Waals surface area contributed by atoms with Gasteiger partial charge in [-0.15, -0.1) is 0 Å². The Labute approximate surface area is 120 Å². The Bertz CT molecular complexity index is 536. The topological polar surface area (TPSA) is 41.1 Å². The number of anilines is 3. The fourth-order valence-electron chi connectivity index (χ4n) is 2.02. The number of aryl methyl sites for hydroxylation is 1. The van der Waals surface area contributed by atoms with E-state index in [2.05, 4.69) is 65.2 Å². The summed E-state index contributed by atoms with van der Waals surface area (Å²) < 4.78 is 0. The summed E-state index contributed by atoms with van der Waals surface area (Å²) in [5, 5.41) is 3.23. The molecule has 1 heterocycles. The van der Waals surface area contributed by atoms with Crippen LogP contribution in [0.2, 0.25) is 0 Å². The van der Waals surface area contributed by atoms with Gasteiger partial charge in [0.1, 0.15) is 5.82 Å². The highest BCUT2D eigenvalue weighted by Crippen LogP contribution is 2.23. The molecule has 2 rings (SSSR count). The minimum Gasteiger partial charge on any atom is -0.354 e. The maximum Gasteiger partial charge on any atom is 0.224 e. The summed E-state index contributed by atoms with van der Waals surface area (Å²) in [6, 6.07) is 10.4. The fraction of sp³-hybridized carbons (Fsp3) is 0.375. The summed E-state index contributed by atoms with van der Waals surface area (Å²) in [7, 11) is 0. The Kier molecular flexibility index (Phi) is 4.93. The minimum atomic E-state index is 0.690. The van der Waals surface area contributed by atoms with Crippen molar-refractivity contribution in [2.75, 3.05) is 23.3 Å². The molecular formula is C16H22N4. The molecule has 2 aromatic rings. The SMILES string of the molecule is CCCNc1nccc(N(CC)c2ccc(C)cc2)n1. The van der Waals surface area contributed by atoms with Gasteiger partial charge in [0.25, 0.3) is 0 Å². The minimum absolute atomic E-state index is 0.690. The van der Waals surface area contributed by atoms with Crippen LogP contribution in [-0.2, 0) is 0 Å². The molecule has 0 fully saturated rings. The zero-order valence-electron chi connectivity index (χ0n) is 12.4. The standard InChI is InChI=1S/C16H22N4/c1-4-11-17-16-18-12-10-15(19-16)20(5-2)14-8-6-13(3)7-9-14/h6-10,12H,4-5,11H2,1-3H3,(H,17,18,19). The van der Waals surface area contributed by atoms with Crippen molar-refractivity contribution in [3.8, 4) is 0 Å². The Balaban J connectivity index is 2.24. The second kappa shape index (κ2) is 6.89. The predicted octanol–water partition coefficient (Wildman–Crippen LogP) is 3.76. The van der Waals surface area contributed by atoms with Crippen molar-refractivity contribution in [3.05, 3.63) is 42.1 Å². The second-order valence-corrected chi connectivity index (χ2v) is 4.75. The summed E-state index contributed by atoms with van der Waals surface area (Å²) in [6.45, 7) is 8.10. The number of nitrogens with zero attached hydrogens (tertiary/aromatic N) is 3. The van der Waals surface area contributed by atoms with Crippen LogP contribution in [0, 0.1) is 6.92 Å². The Morgan fingerprint density at radius 1 is 1.10 bits per heavy atom. The van der Waals surface area contributed by atoms with Crippen LogP contribution in [0.25, 0.3) is 0 Å². The first-order valence-electron chi connectivity index (χ1n) is 7.15. The summed E-state index contributed by atoms with van der Waals surface area (Å²) in [4.78, 5) is 11.0. The largest absolute Gasteiger partial charge is 0.354 e. The van der Waals surface area contributed by atoms with Crippen LogP contribution in [0.3, 0.4) is 0 Å². The lowest BCUT2D eigenvalue weighted by atomic mass is 10.2. The molecule has 0 saturated heterocycles. The summed E-state index contributed by atoms with van der Waals surface area (Å²) in [5.41, 5.74) is 2.41. The molecule has 1 N–H and O–H groups in total. The van der Waals surface area contributed by atoms with Gasteiger partial charge < -0.3 is 10.2 Å². The van der Waals surface area contributed by atoms with Crippen molar-refractivity contribution in [1.82, 2.24) is 9.97 Å². The molecule has 0 atom stereocenters. The van der Waals surface area contributed by atoms with Crippen LogP contribution in [0.1, 0.15) is 25.8 Å². The molecule has 1 aromatic carbocycles. The average molecular weight is 270 g/mol. The highest BCUT2D eigenvalue weighted by atomic mass is 15.2. The Morgan fingerprint density at radius 3 is 2.50 bits per heavy atom. The monoisotopic (exact) mass is 270 g/mol. The van der Waals surface area contributed by atoms with Gasteiger partial charge in [-0.25, -0.2) is 4.98 Å². The van der Waals surface area contributed by atoms with Gasteiger partial charge in [-0.1, -0.05) is 24.6 Å². The molecule has 0 bridgehead atoms. The van der Waals surface area contributed by atoms with Gasteiger partial charge in [-0.3, -0.25) is 0 Å². The quantitative estimate of drug-likeness (QED) is 0.867. The van der Waals surface area contributed by atoms with Crippen molar-refractivity contribution in [1.29, 1.82) is 0 Å². The third kappa shape index (κ3) is 3.47. The van der Waals surface area contributed by atoms with E-state index in [1.165, 1.54) is 5.56 Å². The van der Waals surface area contributed by atoms with Crippen molar-refractivity contribution in [2.45, 2.75) is 27.2 Å². The number of hydrogen-bond donors (Lipinski definition) is 1. The van der Waals surface area contributed by atoms with Crippen LogP contribution < -0.4 is 10.2 Å². The van der Waals surface area contributed by atoms with E-state index >= 15 is 0 Å². The molecule has 0 spiro atoms. The van der Waals surface area contributed by atoms with Crippen molar-refractivity contribution < 1.29 is 0 Å². The number of benzene rings is 1. The first-order valence-corrected chi connectivity index (χ1v) is 7.15. The lowest BCUT2D eigenvalue weighted by molar-refractivity contribution is 0.935. The highest BCUT2D eigenvalue weighted by Gasteiger charge is 2.09. The zero-order valence-corrected chi connectivity index (χ0v) is 12.4. The third-order valence-electron chi connectivity index (χ3n) is 3.11. The lowest BCUT2D eigenvalue weighted by Crippen LogP contribution is -2.18. The number of hydrogen-bond acceptors (Lipinski definition) is 4. The maximum atomic E-state index is 4.58. The van der Waals surface area contributed by atoms with Crippen LogP contribution >= 0.6 is 0 Å². The van der Waals surface area contributed by atoms with E-state index in [1.54, 1.807) is 6.20 Å². The number of rotatable bonds is 6. The molecule has 4 nitrogen and oxygen atoms in total. The number of nitrogens with one attached hydrogen (secondary N) is 1. The third-order valence-corrected chi connectivity index (χ3v) is 3.11. The highest BCUT2D eigenvalue weighted by molar-refractivity contribution is 5.60. The molecule has 0 aliphatic rings. The average Bonchev–Trinajstić information content (AvgIpc) is 2.48. The molecule has 4 heteroatoms.